The lowest BCUT2D eigenvalue weighted by molar-refractivity contribution is 0.0948. The number of ether oxygens (including phenoxy) is 1. The van der Waals surface area contributed by atoms with Gasteiger partial charge in [0.05, 0.1) is 35.9 Å². The van der Waals surface area contributed by atoms with Gasteiger partial charge in [0.2, 0.25) is 10.0 Å². The topological polar surface area (TPSA) is 96.2 Å². The van der Waals surface area contributed by atoms with Crippen molar-refractivity contribution in [3.05, 3.63) is 60.0 Å². The van der Waals surface area contributed by atoms with Crippen molar-refractivity contribution >= 4 is 27.3 Å². The molecule has 1 N–H and O–H groups in total. The number of benzene rings is 1. The van der Waals surface area contributed by atoms with E-state index in [1.165, 1.54) is 10.4 Å². The minimum absolute atomic E-state index is 0.157. The normalized spacial score (nSPS) is 17.7. The first kappa shape index (κ1) is 22.8. The number of carbonyl (C=O) groups excluding carboxylic acids is 1. The Morgan fingerprint density at radius 2 is 1.82 bits per heavy atom. The highest BCUT2D eigenvalue weighted by molar-refractivity contribution is 7.89. The van der Waals surface area contributed by atoms with E-state index in [1.54, 1.807) is 12.1 Å². The second kappa shape index (κ2) is 9.73. The van der Waals surface area contributed by atoms with Crippen LogP contribution in [-0.4, -0.2) is 67.4 Å². The fourth-order valence-corrected chi connectivity index (χ4v) is 6.07. The number of amides is 1. The Kier molecular flexibility index (Phi) is 6.53. The zero-order valence-corrected chi connectivity index (χ0v) is 19.8. The predicted octanol–water partition coefficient (Wildman–Crippen LogP) is 2.28. The van der Waals surface area contributed by atoms with Crippen LogP contribution in [0.2, 0.25) is 0 Å². The van der Waals surface area contributed by atoms with Crippen molar-refractivity contribution in [2.45, 2.75) is 30.7 Å². The zero-order chi connectivity index (χ0) is 23.5. The number of nitrogens with one attached hydrogen (secondary N) is 1. The predicted molar refractivity (Wildman–Crippen MR) is 128 cm³/mol. The summed E-state index contributed by atoms with van der Waals surface area (Å²) in [6.07, 6.45) is 6.53. The molecular weight excluding hydrogens is 454 g/mol. The third-order valence-electron chi connectivity index (χ3n) is 6.36. The van der Waals surface area contributed by atoms with Gasteiger partial charge < -0.3 is 19.4 Å². The van der Waals surface area contributed by atoms with Crippen LogP contribution < -0.4 is 10.2 Å². The third kappa shape index (κ3) is 4.66. The van der Waals surface area contributed by atoms with Crippen LogP contribution in [0, 0.1) is 0 Å². The number of anilines is 1. The standard InChI is InChI=1S/C24H29N5O4S/c30-24(25-17-19-18-28-9-5-2-6-23(28)26-19)21-16-20(34(31,32)29-10-3-1-4-11-29)7-8-22(21)27-12-14-33-15-13-27/h2,5-9,16,18H,1,3-4,10-15,17H2,(H,25,30). The monoisotopic (exact) mass is 483 g/mol. The fraction of sp³-hybridized carbons (Fsp3) is 0.417. The summed E-state index contributed by atoms with van der Waals surface area (Å²) < 4.78 is 35.4. The molecule has 0 aliphatic carbocycles. The highest BCUT2D eigenvalue weighted by atomic mass is 32.2. The van der Waals surface area contributed by atoms with Crippen LogP contribution in [-0.2, 0) is 21.3 Å². The summed E-state index contributed by atoms with van der Waals surface area (Å²) in [7, 11) is -3.66. The van der Waals surface area contributed by atoms with Crippen LogP contribution >= 0.6 is 0 Å². The summed E-state index contributed by atoms with van der Waals surface area (Å²) in [6, 6.07) is 10.6. The highest BCUT2D eigenvalue weighted by Crippen LogP contribution is 2.28. The molecule has 0 bridgehead atoms. The molecule has 180 valence electrons. The summed E-state index contributed by atoms with van der Waals surface area (Å²) in [4.78, 5) is 20.1. The second-order valence-corrected chi connectivity index (χ2v) is 10.6. The number of nitrogens with zero attached hydrogens (tertiary/aromatic N) is 4. The Morgan fingerprint density at radius 3 is 2.59 bits per heavy atom. The zero-order valence-electron chi connectivity index (χ0n) is 19.0. The molecule has 2 fully saturated rings. The van der Waals surface area contributed by atoms with Gasteiger partial charge in [-0.05, 0) is 43.2 Å². The minimum Gasteiger partial charge on any atom is -0.378 e. The first-order valence-electron chi connectivity index (χ1n) is 11.7. The number of hydrogen-bond donors (Lipinski definition) is 1. The van der Waals surface area contributed by atoms with E-state index in [9.17, 15) is 13.2 Å². The van der Waals surface area contributed by atoms with Crippen molar-refractivity contribution in [2.24, 2.45) is 0 Å². The van der Waals surface area contributed by atoms with Crippen molar-refractivity contribution < 1.29 is 17.9 Å². The maximum Gasteiger partial charge on any atom is 0.253 e. The lowest BCUT2D eigenvalue weighted by Crippen LogP contribution is -2.38. The van der Waals surface area contributed by atoms with Crippen molar-refractivity contribution in [1.82, 2.24) is 19.0 Å². The summed E-state index contributed by atoms with van der Waals surface area (Å²) in [5.74, 6) is -0.325. The minimum atomic E-state index is -3.66. The molecule has 1 aromatic carbocycles. The number of morpholine rings is 1. The Balaban J connectivity index is 1.43. The molecule has 2 saturated heterocycles. The summed E-state index contributed by atoms with van der Waals surface area (Å²) in [6.45, 7) is 3.69. The number of piperidine rings is 1. The molecule has 10 heteroatoms. The first-order chi connectivity index (χ1) is 16.5. The number of carbonyl (C=O) groups is 1. The molecule has 9 nitrogen and oxygen atoms in total. The molecule has 0 unspecified atom stereocenters. The second-order valence-electron chi connectivity index (χ2n) is 8.62. The Morgan fingerprint density at radius 1 is 1.03 bits per heavy atom. The lowest BCUT2D eigenvalue weighted by atomic mass is 10.1. The molecule has 0 atom stereocenters. The van der Waals surface area contributed by atoms with Gasteiger partial charge >= 0.3 is 0 Å². The van der Waals surface area contributed by atoms with Gasteiger partial charge in [-0.15, -0.1) is 0 Å². The van der Waals surface area contributed by atoms with Gasteiger partial charge in [0.1, 0.15) is 5.65 Å². The average Bonchev–Trinajstić information content (AvgIpc) is 3.31. The van der Waals surface area contributed by atoms with E-state index >= 15 is 0 Å². The number of aromatic nitrogens is 2. The van der Waals surface area contributed by atoms with Crippen molar-refractivity contribution in [2.75, 3.05) is 44.3 Å². The molecule has 0 radical (unpaired) electrons. The van der Waals surface area contributed by atoms with Crippen LogP contribution in [0.3, 0.4) is 0 Å². The van der Waals surface area contributed by atoms with E-state index in [4.69, 9.17) is 4.74 Å². The number of sulfonamides is 1. The SMILES string of the molecule is O=C(NCc1cn2ccccc2n1)c1cc(S(=O)(=O)N2CCCCC2)ccc1N1CCOCC1. The third-order valence-corrected chi connectivity index (χ3v) is 8.26. The van der Waals surface area contributed by atoms with Gasteiger partial charge in [-0.1, -0.05) is 12.5 Å². The van der Waals surface area contributed by atoms with Crippen LogP contribution in [0.25, 0.3) is 5.65 Å². The van der Waals surface area contributed by atoms with E-state index in [0.29, 0.717) is 50.6 Å². The molecule has 2 aromatic heterocycles. The van der Waals surface area contributed by atoms with E-state index in [1.807, 2.05) is 35.0 Å². The Bertz CT molecular complexity index is 1240. The van der Waals surface area contributed by atoms with E-state index in [0.717, 1.165) is 30.6 Å². The number of pyridine rings is 1. The number of fused-ring (bicyclic) bond motifs is 1. The van der Waals surface area contributed by atoms with Gasteiger partial charge in [-0.3, -0.25) is 4.79 Å². The fourth-order valence-electron chi connectivity index (χ4n) is 4.53. The first-order valence-corrected chi connectivity index (χ1v) is 13.1. The maximum absolute atomic E-state index is 13.3. The van der Waals surface area contributed by atoms with E-state index in [-0.39, 0.29) is 17.3 Å². The molecule has 2 aliphatic heterocycles. The Hall–Kier alpha value is -2.95. The largest absolute Gasteiger partial charge is 0.378 e. The van der Waals surface area contributed by atoms with Crippen molar-refractivity contribution in [3.63, 3.8) is 0 Å². The average molecular weight is 484 g/mol. The Labute approximate surface area is 199 Å². The summed E-state index contributed by atoms with van der Waals surface area (Å²) in [5, 5.41) is 2.93. The number of imidazole rings is 1. The lowest BCUT2D eigenvalue weighted by Gasteiger charge is -2.31. The number of hydrogen-bond acceptors (Lipinski definition) is 6. The quantitative estimate of drug-likeness (QED) is 0.578. The van der Waals surface area contributed by atoms with Crippen molar-refractivity contribution in [3.8, 4) is 0 Å². The van der Waals surface area contributed by atoms with Gasteiger partial charge in [0.15, 0.2) is 0 Å². The molecule has 2 aliphatic rings. The number of rotatable bonds is 6. The van der Waals surface area contributed by atoms with Crippen LogP contribution in [0.4, 0.5) is 5.69 Å². The highest BCUT2D eigenvalue weighted by Gasteiger charge is 2.28. The smallest absolute Gasteiger partial charge is 0.253 e. The summed E-state index contributed by atoms with van der Waals surface area (Å²) >= 11 is 0. The van der Waals surface area contributed by atoms with Crippen LogP contribution in [0.15, 0.2) is 53.7 Å². The molecule has 5 rings (SSSR count). The van der Waals surface area contributed by atoms with Crippen molar-refractivity contribution in [1.29, 1.82) is 0 Å². The maximum atomic E-state index is 13.3. The summed E-state index contributed by atoms with van der Waals surface area (Å²) in [5.41, 5.74) is 2.59. The van der Waals surface area contributed by atoms with Crippen LogP contribution in [0.1, 0.15) is 35.3 Å². The van der Waals surface area contributed by atoms with Crippen LogP contribution in [0.5, 0.6) is 0 Å². The van der Waals surface area contributed by atoms with Gasteiger partial charge in [0.25, 0.3) is 5.91 Å². The molecule has 0 saturated carbocycles. The van der Waals surface area contributed by atoms with Gasteiger partial charge in [0, 0.05) is 44.3 Å². The molecule has 0 spiro atoms. The molecule has 1 amide bonds. The molecular formula is C24H29N5O4S. The van der Waals surface area contributed by atoms with Gasteiger partial charge in [-0.25, -0.2) is 13.4 Å². The van der Waals surface area contributed by atoms with E-state index < -0.39 is 10.0 Å². The van der Waals surface area contributed by atoms with E-state index in [2.05, 4.69) is 15.2 Å². The van der Waals surface area contributed by atoms with Gasteiger partial charge in [-0.2, -0.15) is 4.31 Å². The molecule has 34 heavy (non-hydrogen) atoms. The molecule has 3 aromatic rings. The molecule has 4 heterocycles.